The standard InChI is InChI=1S/C22H21ClN2O3S2/c1-15-4-3-5-19(14-15)25-30(27,28)21-12-8-18(9-13-21)24-22(26)16(2)29-20-10-6-17(23)7-11-20/h3-14,16,25H,1-2H3,(H,24,26)/t16-/m1/s1. The summed E-state index contributed by atoms with van der Waals surface area (Å²) < 4.78 is 27.7. The molecule has 3 aromatic carbocycles. The molecule has 0 spiro atoms. The number of carbonyl (C=O) groups is 1. The van der Waals surface area contributed by atoms with Crippen LogP contribution in [0.5, 0.6) is 0 Å². The van der Waals surface area contributed by atoms with E-state index in [0.717, 1.165) is 10.5 Å². The monoisotopic (exact) mass is 460 g/mol. The zero-order valence-electron chi connectivity index (χ0n) is 16.4. The van der Waals surface area contributed by atoms with Crippen molar-refractivity contribution in [3.8, 4) is 0 Å². The van der Waals surface area contributed by atoms with Gasteiger partial charge in [-0.25, -0.2) is 8.42 Å². The molecule has 156 valence electrons. The molecule has 0 fully saturated rings. The van der Waals surface area contributed by atoms with E-state index in [9.17, 15) is 13.2 Å². The maximum absolute atomic E-state index is 12.6. The molecule has 1 amide bonds. The summed E-state index contributed by atoms with van der Waals surface area (Å²) in [4.78, 5) is 13.5. The fraction of sp³-hybridized carbons (Fsp3) is 0.136. The highest BCUT2D eigenvalue weighted by Gasteiger charge is 2.17. The minimum Gasteiger partial charge on any atom is -0.325 e. The molecule has 1 atom stereocenters. The minimum absolute atomic E-state index is 0.116. The first-order valence-corrected chi connectivity index (χ1v) is 11.9. The lowest BCUT2D eigenvalue weighted by atomic mass is 10.2. The van der Waals surface area contributed by atoms with Gasteiger partial charge in [-0.05, 0) is 80.1 Å². The predicted octanol–water partition coefficient (Wildman–Crippen LogP) is 5.57. The van der Waals surface area contributed by atoms with Crippen LogP contribution in [-0.4, -0.2) is 19.6 Å². The number of hydrogen-bond donors (Lipinski definition) is 2. The van der Waals surface area contributed by atoms with Crippen molar-refractivity contribution in [1.82, 2.24) is 0 Å². The van der Waals surface area contributed by atoms with Crippen LogP contribution >= 0.6 is 23.4 Å². The number of thioether (sulfide) groups is 1. The third-order valence-electron chi connectivity index (χ3n) is 4.20. The highest BCUT2D eigenvalue weighted by atomic mass is 35.5. The lowest BCUT2D eigenvalue weighted by molar-refractivity contribution is -0.115. The van der Waals surface area contributed by atoms with Gasteiger partial charge >= 0.3 is 0 Å². The zero-order valence-corrected chi connectivity index (χ0v) is 18.8. The summed E-state index contributed by atoms with van der Waals surface area (Å²) in [5, 5.41) is 3.11. The summed E-state index contributed by atoms with van der Waals surface area (Å²) in [5.41, 5.74) is 1.98. The number of anilines is 2. The van der Waals surface area contributed by atoms with E-state index in [0.29, 0.717) is 16.4 Å². The highest BCUT2D eigenvalue weighted by Crippen LogP contribution is 2.26. The molecule has 0 aliphatic carbocycles. The second kappa shape index (κ2) is 9.55. The molecule has 3 rings (SSSR count). The van der Waals surface area contributed by atoms with Crippen molar-refractivity contribution in [3.05, 3.63) is 83.4 Å². The van der Waals surface area contributed by atoms with Crippen LogP contribution in [-0.2, 0) is 14.8 Å². The van der Waals surface area contributed by atoms with Crippen LogP contribution < -0.4 is 10.0 Å². The largest absolute Gasteiger partial charge is 0.325 e. The number of aryl methyl sites for hydroxylation is 1. The second-order valence-electron chi connectivity index (χ2n) is 6.70. The first-order chi connectivity index (χ1) is 14.2. The average Bonchev–Trinajstić information content (AvgIpc) is 2.70. The maximum atomic E-state index is 12.6. The lowest BCUT2D eigenvalue weighted by Gasteiger charge is -2.13. The highest BCUT2D eigenvalue weighted by molar-refractivity contribution is 8.00. The molecule has 30 heavy (non-hydrogen) atoms. The van der Waals surface area contributed by atoms with Crippen LogP contribution in [0, 0.1) is 6.92 Å². The number of halogens is 1. The molecular formula is C22H21ClN2O3S2. The predicted molar refractivity (Wildman–Crippen MR) is 124 cm³/mol. The molecule has 0 heterocycles. The SMILES string of the molecule is Cc1cccc(NS(=O)(=O)c2ccc(NC(=O)[C@@H](C)Sc3ccc(Cl)cc3)cc2)c1. The second-order valence-corrected chi connectivity index (χ2v) is 10.2. The first kappa shape index (κ1) is 22.2. The summed E-state index contributed by atoms with van der Waals surface area (Å²) in [5.74, 6) is -0.177. The van der Waals surface area contributed by atoms with E-state index in [-0.39, 0.29) is 16.1 Å². The summed E-state index contributed by atoms with van der Waals surface area (Å²) >= 11 is 7.29. The molecule has 2 N–H and O–H groups in total. The smallest absolute Gasteiger partial charge is 0.261 e. The maximum Gasteiger partial charge on any atom is 0.261 e. The van der Waals surface area contributed by atoms with Gasteiger partial charge in [0.2, 0.25) is 5.91 Å². The van der Waals surface area contributed by atoms with Crippen molar-refractivity contribution in [2.24, 2.45) is 0 Å². The fourth-order valence-electron chi connectivity index (χ4n) is 2.65. The number of amides is 1. The number of benzene rings is 3. The molecule has 8 heteroatoms. The third-order valence-corrected chi connectivity index (χ3v) is 6.96. The Morgan fingerprint density at radius 3 is 2.27 bits per heavy atom. The van der Waals surface area contributed by atoms with E-state index >= 15 is 0 Å². The van der Waals surface area contributed by atoms with Gasteiger partial charge in [-0.3, -0.25) is 9.52 Å². The Morgan fingerprint density at radius 2 is 1.63 bits per heavy atom. The molecule has 0 aliphatic heterocycles. The van der Waals surface area contributed by atoms with Gasteiger partial charge in [0.05, 0.1) is 10.1 Å². The Labute approximate surface area is 185 Å². The van der Waals surface area contributed by atoms with Crippen LogP contribution in [0.2, 0.25) is 5.02 Å². The molecule has 0 saturated carbocycles. The summed E-state index contributed by atoms with van der Waals surface area (Å²) in [6, 6.07) is 20.5. The molecule has 0 aromatic heterocycles. The Bertz CT molecular complexity index is 1130. The van der Waals surface area contributed by atoms with Gasteiger partial charge < -0.3 is 5.32 Å². The molecular weight excluding hydrogens is 440 g/mol. The van der Waals surface area contributed by atoms with Crippen molar-refractivity contribution in [2.45, 2.75) is 28.9 Å². The molecule has 0 saturated heterocycles. The number of hydrogen-bond acceptors (Lipinski definition) is 4. The van der Waals surface area contributed by atoms with Gasteiger partial charge in [0.15, 0.2) is 0 Å². The van der Waals surface area contributed by atoms with Crippen molar-refractivity contribution in [2.75, 3.05) is 10.0 Å². The van der Waals surface area contributed by atoms with E-state index in [1.807, 2.05) is 25.1 Å². The van der Waals surface area contributed by atoms with Crippen LogP contribution in [0.3, 0.4) is 0 Å². The summed E-state index contributed by atoms with van der Waals surface area (Å²) in [6.45, 7) is 3.70. The molecule has 0 bridgehead atoms. The van der Waals surface area contributed by atoms with Crippen LogP contribution in [0.4, 0.5) is 11.4 Å². The van der Waals surface area contributed by atoms with Crippen LogP contribution in [0.15, 0.2) is 82.6 Å². The molecule has 0 aliphatic rings. The van der Waals surface area contributed by atoms with E-state index in [1.54, 1.807) is 49.4 Å². The normalized spacial score (nSPS) is 12.2. The van der Waals surface area contributed by atoms with Gasteiger partial charge in [0.1, 0.15) is 0 Å². The molecule has 3 aromatic rings. The zero-order chi connectivity index (χ0) is 21.7. The van der Waals surface area contributed by atoms with Gasteiger partial charge in [-0.1, -0.05) is 23.7 Å². The van der Waals surface area contributed by atoms with Crippen LogP contribution in [0.1, 0.15) is 12.5 Å². The van der Waals surface area contributed by atoms with Gasteiger partial charge in [0.25, 0.3) is 10.0 Å². The van der Waals surface area contributed by atoms with Crippen molar-refractivity contribution in [3.63, 3.8) is 0 Å². The van der Waals surface area contributed by atoms with Crippen molar-refractivity contribution in [1.29, 1.82) is 0 Å². The first-order valence-electron chi connectivity index (χ1n) is 9.15. The Morgan fingerprint density at radius 1 is 0.967 bits per heavy atom. The van der Waals surface area contributed by atoms with Gasteiger partial charge in [-0.2, -0.15) is 0 Å². The number of nitrogens with one attached hydrogen (secondary N) is 2. The lowest BCUT2D eigenvalue weighted by Crippen LogP contribution is -2.22. The average molecular weight is 461 g/mol. The van der Waals surface area contributed by atoms with E-state index in [2.05, 4.69) is 10.0 Å². The number of carbonyl (C=O) groups excluding carboxylic acids is 1. The van der Waals surface area contributed by atoms with E-state index in [1.165, 1.54) is 23.9 Å². The minimum atomic E-state index is -3.71. The Hall–Kier alpha value is -2.48. The summed E-state index contributed by atoms with van der Waals surface area (Å²) in [6.07, 6.45) is 0. The van der Waals surface area contributed by atoms with Crippen molar-refractivity contribution < 1.29 is 13.2 Å². The molecule has 5 nitrogen and oxygen atoms in total. The van der Waals surface area contributed by atoms with Crippen LogP contribution in [0.25, 0.3) is 0 Å². The fourth-order valence-corrected chi connectivity index (χ4v) is 4.70. The topological polar surface area (TPSA) is 75.3 Å². The molecule has 0 unspecified atom stereocenters. The van der Waals surface area contributed by atoms with Crippen molar-refractivity contribution >= 4 is 50.7 Å². The number of sulfonamides is 1. The molecule has 0 radical (unpaired) electrons. The van der Waals surface area contributed by atoms with Gasteiger partial charge in [0, 0.05) is 21.3 Å². The Kier molecular flexibility index (Phi) is 7.07. The quantitative estimate of drug-likeness (QED) is 0.452. The Balaban J connectivity index is 1.63. The summed E-state index contributed by atoms with van der Waals surface area (Å²) in [7, 11) is -3.71. The van der Waals surface area contributed by atoms with E-state index < -0.39 is 10.0 Å². The third kappa shape index (κ3) is 6.01. The van der Waals surface area contributed by atoms with E-state index in [4.69, 9.17) is 11.6 Å². The van der Waals surface area contributed by atoms with Gasteiger partial charge in [-0.15, -0.1) is 11.8 Å². The number of rotatable bonds is 7.